The van der Waals surface area contributed by atoms with Gasteiger partial charge in [-0.3, -0.25) is 4.57 Å². The van der Waals surface area contributed by atoms with Crippen molar-refractivity contribution in [2.75, 3.05) is 0 Å². The molecule has 6 nitrogen and oxygen atoms in total. The summed E-state index contributed by atoms with van der Waals surface area (Å²) in [7, 11) is -10.3. The van der Waals surface area contributed by atoms with Gasteiger partial charge in [-0.1, -0.05) is 6.58 Å². The minimum atomic E-state index is -5.34. The van der Waals surface area contributed by atoms with Crippen LogP contribution in [0.3, 0.4) is 0 Å². The van der Waals surface area contributed by atoms with Crippen LogP contribution in [0.2, 0.25) is 0 Å². The average Bonchev–Trinajstić information content (AvgIpc) is 1.59. The first-order chi connectivity index (χ1) is 4.15. The van der Waals surface area contributed by atoms with Crippen LogP contribution in [-0.2, 0) is 9.13 Å². The van der Waals surface area contributed by atoms with Crippen molar-refractivity contribution in [3.05, 3.63) is 11.6 Å². The quantitative estimate of drug-likeness (QED) is 0.360. The molecule has 0 aromatic carbocycles. The normalized spacial score (nSPS) is 11.0. The zero-order valence-electron chi connectivity index (χ0n) is 6.63. The van der Waals surface area contributed by atoms with Crippen LogP contribution >= 0.6 is 15.2 Å². The summed E-state index contributed by atoms with van der Waals surface area (Å²) in [6.45, 7) is 2.45. The molecule has 0 unspecified atom stereocenters. The van der Waals surface area contributed by atoms with Crippen molar-refractivity contribution in [3.63, 3.8) is 0 Å². The fourth-order valence-corrected chi connectivity index (χ4v) is 1.44. The maximum Gasteiger partial charge on any atom is 1.00 e. The molecule has 0 aromatic rings. The van der Waals surface area contributed by atoms with Crippen molar-refractivity contribution in [2.24, 2.45) is 0 Å². The minimum absolute atomic E-state index is 0. The second-order valence-electron chi connectivity index (χ2n) is 1.46. The molecule has 0 rings (SSSR count). The Morgan fingerprint density at radius 1 is 1.17 bits per heavy atom. The minimum Gasteiger partial charge on any atom is -0.807 e. The molecule has 60 valence electrons. The predicted octanol–water partition coefficient (Wildman–Crippen LogP) is -7.44. The van der Waals surface area contributed by atoms with Crippen LogP contribution < -0.4 is 68.9 Å². The number of hydrogen-bond donors (Lipinski definition) is 2. The summed E-state index contributed by atoms with van der Waals surface area (Å²) in [5.41, 5.74) is 0. The SMILES string of the molecule is C=C(P(=O)([O-])[O-])P(=O)(O)O.[Na+].[Na+]. The first-order valence-electron chi connectivity index (χ1n) is 1.93. The molecule has 0 aliphatic heterocycles. The van der Waals surface area contributed by atoms with Gasteiger partial charge in [-0.25, -0.2) is 0 Å². The van der Waals surface area contributed by atoms with E-state index in [1.165, 1.54) is 0 Å². The first-order valence-corrected chi connectivity index (χ1v) is 5.09. The molecule has 0 bridgehead atoms. The standard InChI is InChI=1S/C2H6O6P2.2Na/c1-2(9(3,4)5)10(6,7)8;;/h1H2,(H2,3,4,5)(H2,6,7,8);;/q;2*+1/p-2. The van der Waals surface area contributed by atoms with Gasteiger partial charge in [-0.2, -0.15) is 0 Å². The summed E-state index contributed by atoms with van der Waals surface area (Å²) < 4.78 is 19.9. The van der Waals surface area contributed by atoms with Gasteiger partial charge in [0.2, 0.25) is 0 Å². The second kappa shape index (κ2) is 6.51. The van der Waals surface area contributed by atoms with Crippen LogP contribution in [0.4, 0.5) is 0 Å². The summed E-state index contributed by atoms with van der Waals surface area (Å²) in [6, 6.07) is 0. The molecule has 0 atom stereocenters. The zero-order chi connectivity index (χ0) is 8.58. The topological polar surface area (TPSA) is 121 Å². The summed E-state index contributed by atoms with van der Waals surface area (Å²) in [6.07, 6.45) is 0. The largest absolute Gasteiger partial charge is 1.00 e. The van der Waals surface area contributed by atoms with Gasteiger partial charge in [-0.05, 0) is 7.60 Å². The molecule has 0 aliphatic rings. The maximum absolute atomic E-state index is 10.0. The van der Waals surface area contributed by atoms with Gasteiger partial charge >= 0.3 is 66.7 Å². The monoisotopic (exact) mass is 232 g/mol. The molecule has 0 aromatic heterocycles. The molecule has 0 fully saturated rings. The van der Waals surface area contributed by atoms with E-state index in [2.05, 4.69) is 6.58 Å². The van der Waals surface area contributed by atoms with Gasteiger partial charge in [0.05, 0.1) is 5.06 Å². The van der Waals surface area contributed by atoms with Crippen LogP contribution in [-0.4, -0.2) is 9.79 Å². The smallest absolute Gasteiger partial charge is 0.807 e. The van der Waals surface area contributed by atoms with Gasteiger partial charge in [-0.15, -0.1) is 0 Å². The second-order valence-corrected chi connectivity index (χ2v) is 4.97. The van der Waals surface area contributed by atoms with E-state index in [-0.39, 0.29) is 59.1 Å². The van der Waals surface area contributed by atoms with E-state index < -0.39 is 20.2 Å². The molecular formula is C2H4Na2O6P2. The van der Waals surface area contributed by atoms with Crippen molar-refractivity contribution >= 4 is 15.2 Å². The van der Waals surface area contributed by atoms with E-state index in [0.717, 1.165) is 0 Å². The fourth-order valence-electron chi connectivity index (χ4n) is 0.160. The Morgan fingerprint density at radius 3 is 1.42 bits per heavy atom. The van der Waals surface area contributed by atoms with E-state index in [1.54, 1.807) is 0 Å². The molecule has 0 heterocycles. The zero-order valence-corrected chi connectivity index (χ0v) is 12.4. The Balaban J connectivity index is -0.000000405. The Labute approximate surface area is 113 Å². The maximum atomic E-state index is 10.0. The van der Waals surface area contributed by atoms with Crippen LogP contribution in [0, 0.1) is 0 Å². The van der Waals surface area contributed by atoms with Crippen LogP contribution in [0.15, 0.2) is 11.6 Å². The van der Waals surface area contributed by atoms with Crippen molar-refractivity contribution in [2.45, 2.75) is 0 Å². The summed E-state index contributed by atoms with van der Waals surface area (Å²) >= 11 is 0. The Hall–Kier alpha value is 2.04. The van der Waals surface area contributed by atoms with Crippen molar-refractivity contribution in [3.8, 4) is 0 Å². The fraction of sp³-hybridized carbons (Fsp3) is 0. The van der Waals surface area contributed by atoms with Gasteiger partial charge in [0, 0.05) is 0 Å². The van der Waals surface area contributed by atoms with Gasteiger partial charge < -0.3 is 24.1 Å². The summed E-state index contributed by atoms with van der Waals surface area (Å²) in [5, 5.41) is -1.57. The summed E-state index contributed by atoms with van der Waals surface area (Å²) in [5.74, 6) is 0. The third kappa shape index (κ3) is 7.44. The number of hydrogen-bond acceptors (Lipinski definition) is 4. The van der Waals surface area contributed by atoms with Gasteiger partial charge in [0.1, 0.15) is 0 Å². The van der Waals surface area contributed by atoms with Crippen LogP contribution in [0.1, 0.15) is 0 Å². The van der Waals surface area contributed by atoms with Crippen molar-refractivity contribution in [1.29, 1.82) is 0 Å². The molecule has 10 heteroatoms. The third-order valence-electron chi connectivity index (χ3n) is 0.652. The molecule has 0 spiro atoms. The number of rotatable bonds is 2. The molecule has 2 N–H and O–H groups in total. The molecule has 0 aliphatic carbocycles. The third-order valence-corrected chi connectivity index (χ3v) is 3.47. The molecule has 12 heavy (non-hydrogen) atoms. The van der Waals surface area contributed by atoms with E-state index in [1.807, 2.05) is 0 Å². The van der Waals surface area contributed by atoms with Crippen molar-refractivity contribution < 1.29 is 87.8 Å². The van der Waals surface area contributed by atoms with E-state index in [9.17, 15) is 18.9 Å². The van der Waals surface area contributed by atoms with Crippen LogP contribution in [0.25, 0.3) is 0 Å². The van der Waals surface area contributed by atoms with E-state index in [0.29, 0.717) is 0 Å². The Bertz CT molecular complexity index is 214. The average molecular weight is 232 g/mol. The Kier molecular flexibility index (Phi) is 10.6. The molecule has 0 amide bonds. The van der Waals surface area contributed by atoms with E-state index in [4.69, 9.17) is 9.79 Å². The predicted molar refractivity (Wildman–Crippen MR) is 28.8 cm³/mol. The van der Waals surface area contributed by atoms with Gasteiger partial charge in [0.15, 0.2) is 0 Å². The molecule has 0 saturated heterocycles. The molecular weight excluding hydrogens is 228 g/mol. The van der Waals surface area contributed by atoms with Crippen molar-refractivity contribution in [1.82, 2.24) is 0 Å². The molecule has 0 saturated carbocycles. The Morgan fingerprint density at radius 2 is 1.42 bits per heavy atom. The van der Waals surface area contributed by atoms with E-state index >= 15 is 0 Å². The van der Waals surface area contributed by atoms with Gasteiger partial charge in [0.25, 0.3) is 0 Å². The molecule has 0 radical (unpaired) electrons. The van der Waals surface area contributed by atoms with Crippen LogP contribution in [0.5, 0.6) is 0 Å². The first kappa shape index (κ1) is 19.6. The summed E-state index contributed by atoms with van der Waals surface area (Å²) in [4.78, 5) is 35.8.